The van der Waals surface area contributed by atoms with E-state index >= 15 is 0 Å². The molecule has 0 atom stereocenters. The highest BCUT2D eigenvalue weighted by atomic mass is 35.5. The lowest BCUT2D eigenvalue weighted by Crippen LogP contribution is -1.88. The minimum absolute atomic E-state index is 0.0804. The van der Waals surface area contributed by atoms with Gasteiger partial charge >= 0.3 is 0 Å². The van der Waals surface area contributed by atoms with Gasteiger partial charge in [-0.3, -0.25) is 10.1 Å². The van der Waals surface area contributed by atoms with Gasteiger partial charge in [-0.1, -0.05) is 16.8 Å². The van der Waals surface area contributed by atoms with Crippen molar-refractivity contribution in [1.29, 1.82) is 0 Å². The van der Waals surface area contributed by atoms with E-state index < -0.39 is 4.92 Å². The second-order valence-electron chi connectivity index (χ2n) is 3.37. The number of hydrogen-bond acceptors (Lipinski definition) is 5. The van der Waals surface area contributed by atoms with Crippen LogP contribution in [0, 0.1) is 10.1 Å². The van der Waals surface area contributed by atoms with Crippen LogP contribution in [0.15, 0.2) is 39.9 Å². The third-order valence-electron chi connectivity index (χ3n) is 2.24. The van der Waals surface area contributed by atoms with Crippen molar-refractivity contribution >= 4 is 23.5 Å². The van der Waals surface area contributed by atoms with E-state index in [0.717, 1.165) is 6.21 Å². The Morgan fingerprint density at radius 2 is 2.17 bits per heavy atom. The zero-order valence-corrected chi connectivity index (χ0v) is 9.66. The quantitative estimate of drug-likeness (QED) is 0.399. The predicted molar refractivity (Wildman–Crippen MR) is 65.2 cm³/mol. The Balaban J connectivity index is 2.48. The Bertz CT molecular complexity index is 621. The number of non-ortho nitro benzene ring substituents is 1. The summed E-state index contributed by atoms with van der Waals surface area (Å²) < 4.78 is 5.31. The molecule has 0 unspecified atom stereocenters. The Morgan fingerprint density at radius 1 is 1.39 bits per heavy atom. The van der Waals surface area contributed by atoms with E-state index in [0.29, 0.717) is 22.1 Å². The molecular weight excluding hydrogens is 260 g/mol. The van der Waals surface area contributed by atoms with Crippen molar-refractivity contribution in [2.24, 2.45) is 5.16 Å². The molecule has 0 saturated heterocycles. The van der Waals surface area contributed by atoms with Crippen molar-refractivity contribution in [3.8, 4) is 11.3 Å². The van der Waals surface area contributed by atoms with Crippen LogP contribution in [0.1, 0.15) is 5.76 Å². The van der Waals surface area contributed by atoms with Crippen LogP contribution in [0.2, 0.25) is 5.02 Å². The van der Waals surface area contributed by atoms with Crippen LogP contribution in [-0.2, 0) is 0 Å². The van der Waals surface area contributed by atoms with Crippen LogP contribution in [0.3, 0.4) is 0 Å². The second kappa shape index (κ2) is 4.89. The van der Waals surface area contributed by atoms with E-state index in [1.54, 1.807) is 12.1 Å². The molecule has 0 radical (unpaired) electrons. The Hall–Kier alpha value is -2.34. The van der Waals surface area contributed by atoms with Crippen molar-refractivity contribution < 1.29 is 14.5 Å². The molecular formula is C11H7ClN2O4. The fourth-order valence-corrected chi connectivity index (χ4v) is 1.65. The minimum atomic E-state index is -0.515. The summed E-state index contributed by atoms with van der Waals surface area (Å²) in [4.78, 5) is 10.2. The highest BCUT2D eigenvalue weighted by molar-refractivity contribution is 6.33. The van der Waals surface area contributed by atoms with Gasteiger partial charge in [0.2, 0.25) is 0 Å². The number of nitro benzene ring substituents is 1. The van der Waals surface area contributed by atoms with Crippen LogP contribution >= 0.6 is 11.6 Å². The number of nitro groups is 1. The van der Waals surface area contributed by atoms with E-state index in [9.17, 15) is 10.1 Å². The molecule has 0 fully saturated rings. The highest BCUT2D eigenvalue weighted by Crippen LogP contribution is 2.32. The summed E-state index contributed by atoms with van der Waals surface area (Å²) >= 11 is 5.96. The average molecular weight is 267 g/mol. The van der Waals surface area contributed by atoms with Crippen molar-refractivity contribution in [2.75, 3.05) is 0 Å². The van der Waals surface area contributed by atoms with Crippen molar-refractivity contribution in [1.82, 2.24) is 0 Å². The summed E-state index contributed by atoms with van der Waals surface area (Å²) in [7, 11) is 0. The van der Waals surface area contributed by atoms with Crippen LogP contribution in [-0.4, -0.2) is 16.3 Å². The first kappa shape index (κ1) is 12.1. The standard InChI is InChI=1S/C11H7ClN2O4/c12-10-3-1-7(14(16)17)5-9(10)11-4-2-8(18-11)6-13-15/h1-6,15H/b13-6-. The average Bonchev–Trinajstić information content (AvgIpc) is 2.78. The normalized spacial score (nSPS) is 10.9. The molecule has 1 heterocycles. The Morgan fingerprint density at radius 3 is 2.83 bits per heavy atom. The first-order valence-corrected chi connectivity index (χ1v) is 5.21. The summed E-state index contributed by atoms with van der Waals surface area (Å²) in [5.74, 6) is 0.675. The second-order valence-corrected chi connectivity index (χ2v) is 3.78. The minimum Gasteiger partial charge on any atom is -0.455 e. The molecule has 0 bridgehead atoms. The van der Waals surface area contributed by atoms with Gasteiger partial charge in [-0.25, -0.2) is 0 Å². The fourth-order valence-electron chi connectivity index (χ4n) is 1.44. The monoisotopic (exact) mass is 266 g/mol. The smallest absolute Gasteiger partial charge is 0.270 e. The third kappa shape index (κ3) is 2.33. The van der Waals surface area contributed by atoms with Gasteiger partial charge in [-0.15, -0.1) is 0 Å². The van der Waals surface area contributed by atoms with Gasteiger partial charge in [0.1, 0.15) is 17.7 Å². The van der Waals surface area contributed by atoms with E-state index in [4.69, 9.17) is 21.2 Å². The van der Waals surface area contributed by atoms with Crippen molar-refractivity contribution in [3.05, 3.63) is 51.2 Å². The molecule has 0 aliphatic heterocycles. The van der Waals surface area contributed by atoms with E-state index in [-0.39, 0.29) is 5.69 Å². The number of hydrogen-bond donors (Lipinski definition) is 1. The number of halogens is 1. The van der Waals surface area contributed by atoms with Gasteiger partial charge in [-0.05, 0) is 18.2 Å². The molecule has 0 amide bonds. The van der Waals surface area contributed by atoms with Gasteiger partial charge in [0.05, 0.1) is 9.95 Å². The van der Waals surface area contributed by atoms with Crippen LogP contribution in [0.4, 0.5) is 5.69 Å². The molecule has 92 valence electrons. The summed E-state index contributed by atoms with van der Waals surface area (Å²) in [5, 5.41) is 22.2. The zero-order valence-electron chi connectivity index (χ0n) is 8.91. The maximum atomic E-state index is 10.7. The van der Waals surface area contributed by atoms with Crippen LogP contribution < -0.4 is 0 Å². The number of oxime groups is 1. The van der Waals surface area contributed by atoms with Gasteiger partial charge in [0.15, 0.2) is 0 Å². The predicted octanol–water partition coefficient (Wildman–Crippen LogP) is 3.32. The van der Waals surface area contributed by atoms with E-state index in [1.165, 1.54) is 18.2 Å². The molecule has 1 aromatic heterocycles. The molecule has 18 heavy (non-hydrogen) atoms. The number of nitrogens with zero attached hydrogens (tertiary/aromatic N) is 2. The summed E-state index contributed by atoms with van der Waals surface area (Å²) in [6, 6.07) is 7.20. The zero-order chi connectivity index (χ0) is 13.1. The molecule has 7 heteroatoms. The topological polar surface area (TPSA) is 88.9 Å². The first-order valence-electron chi connectivity index (χ1n) is 4.83. The molecule has 0 spiro atoms. The van der Waals surface area contributed by atoms with Crippen molar-refractivity contribution in [2.45, 2.75) is 0 Å². The maximum absolute atomic E-state index is 10.7. The van der Waals surface area contributed by atoms with Crippen LogP contribution in [0.5, 0.6) is 0 Å². The van der Waals surface area contributed by atoms with Gasteiger partial charge in [-0.2, -0.15) is 0 Å². The van der Waals surface area contributed by atoms with Crippen LogP contribution in [0.25, 0.3) is 11.3 Å². The van der Waals surface area contributed by atoms with E-state index in [1.807, 2.05) is 0 Å². The SMILES string of the molecule is O=[N+]([O-])c1ccc(Cl)c(-c2ccc(/C=N\O)o2)c1. The third-order valence-corrected chi connectivity index (χ3v) is 2.57. The Kier molecular flexibility index (Phi) is 3.29. The number of benzene rings is 1. The summed E-state index contributed by atoms with van der Waals surface area (Å²) in [6.45, 7) is 0. The molecule has 2 rings (SSSR count). The molecule has 0 aliphatic carbocycles. The molecule has 0 aliphatic rings. The van der Waals surface area contributed by atoms with Gasteiger partial charge in [0, 0.05) is 17.7 Å². The molecule has 0 saturated carbocycles. The lowest BCUT2D eigenvalue weighted by molar-refractivity contribution is -0.384. The van der Waals surface area contributed by atoms with Crippen molar-refractivity contribution in [3.63, 3.8) is 0 Å². The summed E-state index contributed by atoms with van der Waals surface area (Å²) in [5.41, 5.74) is 0.326. The first-order chi connectivity index (χ1) is 8.61. The molecule has 6 nitrogen and oxygen atoms in total. The summed E-state index contributed by atoms with van der Waals surface area (Å²) in [6.07, 6.45) is 1.11. The highest BCUT2D eigenvalue weighted by Gasteiger charge is 2.13. The molecule has 1 N–H and O–H groups in total. The van der Waals surface area contributed by atoms with Gasteiger partial charge in [0.25, 0.3) is 5.69 Å². The maximum Gasteiger partial charge on any atom is 0.270 e. The lowest BCUT2D eigenvalue weighted by atomic mass is 10.1. The molecule has 1 aromatic carbocycles. The van der Waals surface area contributed by atoms with E-state index in [2.05, 4.69) is 5.16 Å². The Labute approximate surface area is 106 Å². The number of rotatable bonds is 3. The number of furan rings is 1. The fraction of sp³-hybridized carbons (Fsp3) is 0. The lowest BCUT2D eigenvalue weighted by Gasteiger charge is -2.00. The molecule has 2 aromatic rings. The van der Waals surface area contributed by atoms with Gasteiger partial charge < -0.3 is 9.62 Å². The largest absolute Gasteiger partial charge is 0.455 e.